The van der Waals surface area contributed by atoms with Crippen molar-refractivity contribution in [3.8, 4) is 0 Å². The van der Waals surface area contributed by atoms with Crippen molar-refractivity contribution in [2.75, 3.05) is 11.9 Å². The van der Waals surface area contributed by atoms with Gasteiger partial charge in [-0.2, -0.15) is 0 Å². The molecule has 0 unspecified atom stereocenters. The predicted molar refractivity (Wildman–Crippen MR) is 71.0 cm³/mol. The molecule has 1 N–H and O–H groups in total. The third-order valence-electron chi connectivity index (χ3n) is 2.96. The second kappa shape index (κ2) is 5.69. The van der Waals surface area contributed by atoms with Gasteiger partial charge in [-0.05, 0) is 30.5 Å². The van der Waals surface area contributed by atoms with Gasteiger partial charge in [0.1, 0.15) is 5.82 Å². The molecule has 0 bridgehead atoms. The summed E-state index contributed by atoms with van der Waals surface area (Å²) in [4.78, 5) is 22.9. The molecule has 0 aromatic heterocycles. The van der Waals surface area contributed by atoms with Gasteiger partial charge < -0.3 is 10.1 Å². The molecule has 1 aromatic carbocycles. The number of hydrogen-bond donors (Lipinski definition) is 1. The molecule has 1 aliphatic rings. The summed E-state index contributed by atoms with van der Waals surface area (Å²) in [5.41, 5.74) is 0.0593. The maximum absolute atomic E-state index is 13.4. The van der Waals surface area contributed by atoms with E-state index in [2.05, 4.69) is 21.2 Å². The standard InChI is InChI=1S/C13H13BrFNO3/c1-7-4-9(7)13(18)19-6-12(17)16-11-3-2-8(14)5-10(11)15/h2-3,5,7,9H,4,6H2,1H3,(H,16,17)/t7-,9+/m1/s1. The molecule has 0 aliphatic heterocycles. The fourth-order valence-electron chi connectivity index (χ4n) is 1.67. The van der Waals surface area contributed by atoms with E-state index in [4.69, 9.17) is 4.74 Å². The van der Waals surface area contributed by atoms with Gasteiger partial charge in [0.2, 0.25) is 0 Å². The summed E-state index contributed by atoms with van der Waals surface area (Å²) in [6.07, 6.45) is 0.807. The Morgan fingerprint density at radius 3 is 2.79 bits per heavy atom. The van der Waals surface area contributed by atoms with Crippen molar-refractivity contribution >= 4 is 33.5 Å². The normalized spacial score (nSPS) is 20.8. The molecule has 2 atom stereocenters. The van der Waals surface area contributed by atoms with Gasteiger partial charge in [0, 0.05) is 4.47 Å². The molecule has 0 spiro atoms. The molecule has 102 valence electrons. The first-order valence-corrected chi connectivity index (χ1v) is 6.68. The van der Waals surface area contributed by atoms with E-state index >= 15 is 0 Å². The Balaban J connectivity index is 1.82. The van der Waals surface area contributed by atoms with Crippen LogP contribution in [0.2, 0.25) is 0 Å². The number of carbonyl (C=O) groups excluding carboxylic acids is 2. The molecule has 0 radical (unpaired) electrons. The van der Waals surface area contributed by atoms with E-state index in [0.717, 1.165) is 6.42 Å². The van der Waals surface area contributed by atoms with E-state index in [-0.39, 0.29) is 17.6 Å². The smallest absolute Gasteiger partial charge is 0.309 e. The van der Waals surface area contributed by atoms with E-state index in [0.29, 0.717) is 10.4 Å². The highest BCUT2D eigenvalue weighted by atomic mass is 79.9. The highest BCUT2D eigenvalue weighted by molar-refractivity contribution is 9.10. The average molecular weight is 330 g/mol. The van der Waals surface area contributed by atoms with Gasteiger partial charge in [-0.1, -0.05) is 22.9 Å². The fourth-order valence-corrected chi connectivity index (χ4v) is 2.00. The van der Waals surface area contributed by atoms with Gasteiger partial charge in [0.25, 0.3) is 5.91 Å². The van der Waals surface area contributed by atoms with Crippen LogP contribution in [0.5, 0.6) is 0 Å². The number of ether oxygens (including phenoxy) is 1. The lowest BCUT2D eigenvalue weighted by Crippen LogP contribution is -2.22. The zero-order chi connectivity index (χ0) is 14.0. The van der Waals surface area contributed by atoms with Crippen molar-refractivity contribution in [2.24, 2.45) is 11.8 Å². The first-order chi connectivity index (χ1) is 8.97. The van der Waals surface area contributed by atoms with Gasteiger partial charge in [0.15, 0.2) is 6.61 Å². The average Bonchev–Trinajstić information content (AvgIpc) is 3.07. The zero-order valence-corrected chi connectivity index (χ0v) is 11.9. The Labute approximate surface area is 118 Å². The maximum Gasteiger partial charge on any atom is 0.309 e. The van der Waals surface area contributed by atoms with Crippen molar-refractivity contribution in [3.05, 3.63) is 28.5 Å². The molecular weight excluding hydrogens is 317 g/mol. The largest absolute Gasteiger partial charge is 0.455 e. The van der Waals surface area contributed by atoms with Crippen LogP contribution in [0.3, 0.4) is 0 Å². The first kappa shape index (κ1) is 14.0. The summed E-state index contributed by atoms with van der Waals surface area (Å²) in [5.74, 6) is -1.22. The third-order valence-corrected chi connectivity index (χ3v) is 3.46. The Kier molecular flexibility index (Phi) is 4.19. The highest BCUT2D eigenvalue weighted by Crippen LogP contribution is 2.38. The quantitative estimate of drug-likeness (QED) is 0.864. The molecule has 2 rings (SSSR count). The van der Waals surface area contributed by atoms with Crippen LogP contribution >= 0.6 is 15.9 Å². The summed E-state index contributed by atoms with van der Waals surface area (Å²) in [6, 6.07) is 4.28. The van der Waals surface area contributed by atoms with Gasteiger partial charge in [0.05, 0.1) is 11.6 Å². The van der Waals surface area contributed by atoms with Gasteiger partial charge >= 0.3 is 5.97 Å². The van der Waals surface area contributed by atoms with Crippen LogP contribution in [0.25, 0.3) is 0 Å². The van der Waals surface area contributed by atoms with Crippen LogP contribution in [-0.2, 0) is 14.3 Å². The zero-order valence-electron chi connectivity index (χ0n) is 10.3. The minimum absolute atomic E-state index is 0.0593. The van der Waals surface area contributed by atoms with Crippen molar-refractivity contribution in [1.29, 1.82) is 0 Å². The van der Waals surface area contributed by atoms with Crippen LogP contribution in [0.4, 0.5) is 10.1 Å². The maximum atomic E-state index is 13.4. The number of halogens is 2. The molecule has 0 saturated heterocycles. The third kappa shape index (κ3) is 3.76. The van der Waals surface area contributed by atoms with Crippen LogP contribution in [0.15, 0.2) is 22.7 Å². The first-order valence-electron chi connectivity index (χ1n) is 5.89. The number of nitrogens with one attached hydrogen (secondary N) is 1. The van der Waals surface area contributed by atoms with E-state index in [9.17, 15) is 14.0 Å². The van der Waals surface area contributed by atoms with E-state index < -0.39 is 18.3 Å². The van der Waals surface area contributed by atoms with E-state index in [1.54, 1.807) is 6.07 Å². The Bertz CT molecular complexity index is 521. The number of anilines is 1. The molecule has 0 heterocycles. The molecule has 4 nitrogen and oxygen atoms in total. The van der Waals surface area contributed by atoms with E-state index in [1.807, 2.05) is 6.92 Å². The van der Waals surface area contributed by atoms with Crippen molar-refractivity contribution in [3.63, 3.8) is 0 Å². The summed E-state index contributed by atoms with van der Waals surface area (Å²) >= 11 is 3.12. The molecule has 1 amide bonds. The van der Waals surface area contributed by atoms with Gasteiger partial charge in [-0.15, -0.1) is 0 Å². The molecule has 1 fully saturated rings. The molecule has 1 aliphatic carbocycles. The van der Waals surface area contributed by atoms with Crippen molar-refractivity contribution < 1.29 is 18.7 Å². The van der Waals surface area contributed by atoms with Crippen LogP contribution in [0.1, 0.15) is 13.3 Å². The lowest BCUT2D eigenvalue weighted by molar-refractivity contribution is -0.148. The minimum Gasteiger partial charge on any atom is -0.455 e. The Morgan fingerprint density at radius 2 is 2.21 bits per heavy atom. The van der Waals surface area contributed by atoms with Crippen LogP contribution in [0, 0.1) is 17.7 Å². The van der Waals surface area contributed by atoms with Crippen molar-refractivity contribution in [1.82, 2.24) is 0 Å². The van der Waals surface area contributed by atoms with Crippen molar-refractivity contribution in [2.45, 2.75) is 13.3 Å². The lowest BCUT2D eigenvalue weighted by atomic mass is 10.3. The summed E-state index contributed by atoms with van der Waals surface area (Å²) in [6.45, 7) is 1.56. The highest BCUT2D eigenvalue weighted by Gasteiger charge is 2.40. The fraction of sp³-hybridized carbons (Fsp3) is 0.385. The molecule has 1 aromatic rings. The SMILES string of the molecule is C[C@@H]1C[C@@H]1C(=O)OCC(=O)Nc1ccc(Br)cc1F. The van der Waals surface area contributed by atoms with Gasteiger partial charge in [-0.3, -0.25) is 9.59 Å². The summed E-state index contributed by atoms with van der Waals surface area (Å²) in [7, 11) is 0. The Morgan fingerprint density at radius 1 is 1.53 bits per heavy atom. The predicted octanol–water partition coefficient (Wildman–Crippen LogP) is 2.73. The number of benzene rings is 1. The number of carbonyl (C=O) groups is 2. The monoisotopic (exact) mass is 329 g/mol. The second-order valence-corrected chi connectivity index (χ2v) is 5.52. The van der Waals surface area contributed by atoms with Crippen LogP contribution < -0.4 is 5.32 Å². The number of hydrogen-bond acceptors (Lipinski definition) is 3. The number of rotatable bonds is 4. The molecule has 19 heavy (non-hydrogen) atoms. The molecule has 6 heteroatoms. The number of esters is 1. The summed E-state index contributed by atoms with van der Waals surface area (Å²) in [5, 5.41) is 2.35. The second-order valence-electron chi connectivity index (χ2n) is 4.60. The van der Waals surface area contributed by atoms with E-state index in [1.165, 1.54) is 12.1 Å². The topological polar surface area (TPSA) is 55.4 Å². The number of amides is 1. The summed E-state index contributed by atoms with van der Waals surface area (Å²) < 4.78 is 18.9. The Hall–Kier alpha value is -1.43. The van der Waals surface area contributed by atoms with Gasteiger partial charge in [-0.25, -0.2) is 4.39 Å². The minimum atomic E-state index is -0.553. The molecular formula is C13H13BrFNO3. The molecule has 1 saturated carbocycles. The van der Waals surface area contributed by atoms with Crippen LogP contribution in [-0.4, -0.2) is 18.5 Å². The lowest BCUT2D eigenvalue weighted by Gasteiger charge is -2.07.